The number of carbonyl (C=O) groups is 1. The zero-order valence-corrected chi connectivity index (χ0v) is 14.0. The van der Waals surface area contributed by atoms with E-state index in [1.165, 1.54) is 0 Å². The molecule has 0 spiro atoms. The highest BCUT2D eigenvalue weighted by Crippen LogP contribution is 2.34. The number of carbonyl (C=O) groups excluding carboxylic acids is 1. The van der Waals surface area contributed by atoms with Crippen LogP contribution in [0.15, 0.2) is 103 Å². The number of ether oxygens (including phenoxy) is 2. The fourth-order valence-electron chi connectivity index (χ4n) is 2.76. The molecule has 1 saturated heterocycles. The Balaban J connectivity index is 1.62. The van der Waals surface area contributed by atoms with Gasteiger partial charge in [-0.25, -0.2) is 0 Å². The number of β-lactam (4-membered cyclic amide) rings is 1. The highest BCUT2D eigenvalue weighted by atomic mass is 16.5. The highest BCUT2D eigenvalue weighted by Gasteiger charge is 2.46. The van der Waals surface area contributed by atoms with Crippen molar-refractivity contribution in [3.8, 4) is 11.5 Å². The maximum atomic E-state index is 12.7. The summed E-state index contributed by atoms with van der Waals surface area (Å²) in [7, 11) is 0. The second-order valence-electron chi connectivity index (χ2n) is 5.79. The van der Waals surface area contributed by atoms with Crippen molar-refractivity contribution in [1.82, 2.24) is 0 Å². The third kappa shape index (κ3) is 3.17. The minimum atomic E-state index is -0.693. The minimum Gasteiger partial charge on any atom is -0.474 e. The molecule has 0 N–H and O–H groups in total. The van der Waals surface area contributed by atoms with Crippen LogP contribution in [0.25, 0.3) is 0 Å². The first-order valence-corrected chi connectivity index (χ1v) is 8.35. The first-order chi connectivity index (χ1) is 12.8. The summed E-state index contributed by atoms with van der Waals surface area (Å²) < 4.78 is 11.6. The van der Waals surface area contributed by atoms with Crippen molar-refractivity contribution in [3.63, 3.8) is 0 Å². The Hall–Kier alpha value is -3.53. The van der Waals surface area contributed by atoms with Gasteiger partial charge in [0.1, 0.15) is 23.5 Å². The van der Waals surface area contributed by atoms with E-state index in [1.54, 1.807) is 11.2 Å². The van der Waals surface area contributed by atoms with E-state index in [0.29, 0.717) is 17.2 Å². The van der Waals surface area contributed by atoms with Crippen LogP contribution in [0.3, 0.4) is 0 Å². The molecule has 1 aliphatic rings. The first kappa shape index (κ1) is 16.0. The van der Waals surface area contributed by atoms with E-state index in [4.69, 9.17) is 9.47 Å². The van der Waals surface area contributed by atoms with Crippen LogP contribution in [-0.4, -0.2) is 12.0 Å². The number of anilines is 1. The van der Waals surface area contributed by atoms with Gasteiger partial charge < -0.3 is 9.47 Å². The third-order valence-corrected chi connectivity index (χ3v) is 4.04. The van der Waals surface area contributed by atoms with Crippen LogP contribution in [0, 0.1) is 0 Å². The van der Waals surface area contributed by atoms with Crippen molar-refractivity contribution in [2.24, 2.45) is 0 Å². The molecule has 1 aliphatic heterocycles. The molecule has 0 saturated carbocycles. The summed E-state index contributed by atoms with van der Waals surface area (Å²) in [5.41, 5.74) is 1.45. The quantitative estimate of drug-likeness (QED) is 0.509. The molecule has 1 fully saturated rings. The molecule has 4 heteroatoms. The standard InChI is InChI=1S/C22H17NO3/c24-22-21(26-19-14-8-3-9-15-19)20(16-25-18-12-6-2-7-13-18)23(22)17-10-4-1-5-11-17/h1-16,21H/b20-16+. The molecule has 1 amide bonds. The van der Waals surface area contributed by atoms with E-state index in [2.05, 4.69) is 0 Å². The lowest BCUT2D eigenvalue weighted by Crippen LogP contribution is -2.57. The molecule has 0 aromatic heterocycles. The Morgan fingerprint density at radius 1 is 0.731 bits per heavy atom. The lowest BCUT2D eigenvalue weighted by molar-refractivity contribution is -0.128. The molecular weight excluding hydrogens is 326 g/mol. The molecule has 4 rings (SSSR count). The lowest BCUT2D eigenvalue weighted by atomic mass is 10.0. The second-order valence-corrected chi connectivity index (χ2v) is 5.79. The smallest absolute Gasteiger partial charge is 0.279 e. The van der Waals surface area contributed by atoms with Gasteiger partial charge in [-0.1, -0.05) is 54.6 Å². The monoisotopic (exact) mass is 343 g/mol. The van der Waals surface area contributed by atoms with E-state index in [9.17, 15) is 4.79 Å². The van der Waals surface area contributed by atoms with Gasteiger partial charge in [0.25, 0.3) is 5.91 Å². The Morgan fingerprint density at radius 3 is 1.88 bits per heavy atom. The zero-order valence-electron chi connectivity index (χ0n) is 14.0. The summed E-state index contributed by atoms with van der Waals surface area (Å²) in [6, 6.07) is 28.2. The van der Waals surface area contributed by atoms with Gasteiger partial charge in [0.15, 0.2) is 0 Å². The van der Waals surface area contributed by atoms with E-state index >= 15 is 0 Å². The number of hydrogen-bond donors (Lipinski definition) is 0. The molecular formula is C22H17NO3. The van der Waals surface area contributed by atoms with Crippen LogP contribution in [-0.2, 0) is 4.79 Å². The van der Waals surface area contributed by atoms with Crippen LogP contribution in [0.4, 0.5) is 5.69 Å². The van der Waals surface area contributed by atoms with Crippen LogP contribution in [0.5, 0.6) is 11.5 Å². The van der Waals surface area contributed by atoms with Crippen LogP contribution in [0.2, 0.25) is 0 Å². The van der Waals surface area contributed by atoms with Gasteiger partial charge >= 0.3 is 0 Å². The van der Waals surface area contributed by atoms with Gasteiger partial charge in [-0.05, 0) is 36.4 Å². The SMILES string of the molecule is O=C1C(Oc2ccccc2)/C(=C\Oc2ccccc2)N1c1ccccc1. The van der Waals surface area contributed by atoms with Crippen LogP contribution in [0.1, 0.15) is 0 Å². The molecule has 3 aromatic carbocycles. The summed E-state index contributed by atoms with van der Waals surface area (Å²) in [5, 5.41) is 0. The Morgan fingerprint density at radius 2 is 1.27 bits per heavy atom. The van der Waals surface area contributed by atoms with E-state index in [-0.39, 0.29) is 5.91 Å². The maximum Gasteiger partial charge on any atom is 0.279 e. The summed E-state index contributed by atoms with van der Waals surface area (Å²) in [6.07, 6.45) is 0.887. The number of para-hydroxylation sites is 3. The third-order valence-electron chi connectivity index (χ3n) is 4.04. The second kappa shape index (κ2) is 7.15. The topological polar surface area (TPSA) is 38.8 Å². The highest BCUT2D eigenvalue weighted by molar-refractivity contribution is 6.10. The summed E-state index contributed by atoms with van der Waals surface area (Å²) in [6.45, 7) is 0. The number of benzene rings is 3. The normalized spacial score (nSPS) is 17.7. The van der Waals surface area contributed by atoms with E-state index in [0.717, 1.165) is 5.69 Å². The molecule has 3 aromatic rings. The van der Waals surface area contributed by atoms with Crippen molar-refractivity contribution in [3.05, 3.63) is 103 Å². The average Bonchev–Trinajstić information content (AvgIpc) is 2.71. The number of rotatable bonds is 5. The molecule has 0 aliphatic carbocycles. The van der Waals surface area contributed by atoms with Gasteiger partial charge in [0.05, 0.1) is 0 Å². The van der Waals surface area contributed by atoms with Gasteiger partial charge in [0.2, 0.25) is 6.10 Å². The number of nitrogens with zero attached hydrogens (tertiary/aromatic N) is 1. The minimum absolute atomic E-state index is 0.122. The summed E-state index contributed by atoms with van der Waals surface area (Å²) in [4.78, 5) is 14.3. The van der Waals surface area contributed by atoms with Crippen LogP contribution < -0.4 is 14.4 Å². The fourth-order valence-corrected chi connectivity index (χ4v) is 2.76. The average molecular weight is 343 g/mol. The molecule has 0 bridgehead atoms. The predicted octanol–water partition coefficient (Wildman–Crippen LogP) is 4.40. The van der Waals surface area contributed by atoms with Crippen molar-refractivity contribution in [1.29, 1.82) is 0 Å². The van der Waals surface area contributed by atoms with Gasteiger partial charge in [-0.3, -0.25) is 9.69 Å². The molecule has 1 atom stereocenters. The number of hydrogen-bond acceptors (Lipinski definition) is 3. The molecule has 128 valence electrons. The fraction of sp³-hybridized carbons (Fsp3) is 0.0455. The zero-order chi connectivity index (χ0) is 17.8. The molecule has 26 heavy (non-hydrogen) atoms. The summed E-state index contributed by atoms with van der Waals surface area (Å²) >= 11 is 0. The van der Waals surface area contributed by atoms with Gasteiger partial charge in [0, 0.05) is 5.69 Å². The van der Waals surface area contributed by atoms with Gasteiger partial charge in [-0.15, -0.1) is 0 Å². The van der Waals surface area contributed by atoms with Crippen LogP contribution >= 0.6 is 0 Å². The Labute approximate surface area is 151 Å². The molecule has 4 nitrogen and oxygen atoms in total. The molecule has 1 heterocycles. The maximum absolute atomic E-state index is 12.7. The van der Waals surface area contributed by atoms with E-state index in [1.807, 2.05) is 91.0 Å². The lowest BCUT2D eigenvalue weighted by Gasteiger charge is -2.40. The van der Waals surface area contributed by atoms with Crippen molar-refractivity contribution in [2.75, 3.05) is 4.90 Å². The Bertz CT molecular complexity index is 908. The van der Waals surface area contributed by atoms with Gasteiger partial charge in [-0.2, -0.15) is 0 Å². The summed E-state index contributed by atoms with van der Waals surface area (Å²) in [5.74, 6) is 1.22. The van der Waals surface area contributed by atoms with Crippen molar-refractivity contribution >= 4 is 11.6 Å². The largest absolute Gasteiger partial charge is 0.474 e. The predicted molar refractivity (Wildman–Crippen MR) is 99.9 cm³/mol. The first-order valence-electron chi connectivity index (χ1n) is 8.35. The van der Waals surface area contributed by atoms with Crippen molar-refractivity contribution in [2.45, 2.75) is 6.10 Å². The number of amides is 1. The van der Waals surface area contributed by atoms with Crippen molar-refractivity contribution < 1.29 is 14.3 Å². The Kier molecular flexibility index (Phi) is 4.39. The van der Waals surface area contributed by atoms with E-state index < -0.39 is 6.10 Å². The molecule has 1 unspecified atom stereocenters. The molecule has 0 radical (unpaired) electrons.